The van der Waals surface area contributed by atoms with Gasteiger partial charge in [-0.05, 0) is 43.0 Å². The van der Waals surface area contributed by atoms with Gasteiger partial charge in [0.05, 0.1) is 56.2 Å². The Labute approximate surface area is 232 Å². The largest absolute Gasteiger partial charge is 0.466 e. The van der Waals surface area contributed by atoms with E-state index in [1.54, 1.807) is 31.2 Å². The fourth-order valence-corrected chi connectivity index (χ4v) is 5.27. The molecule has 4 unspecified atom stereocenters. The Morgan fingerprint density at radius 3 is 2.59 bits per heavy atom. The van der Waals surface area contributed by atoms with Crippen molar-refractivity contribution in [3.05, 3.63) is 93.2 Å². The lowest BCUT2D eigenvalue weighted by atomic mass is 9.80. The van der Waals surface area contributed by atoms with Crippen LogP contribution in [0, 0.1) is 0 Å². The number of ether oxygens (including phenoxy) is 5. The highest BCUT2D eigenvalue weighted by Crippen LogP contribution is 2.42. The van der Waals surface area contributed by atoms with E-state index in [0.29, 0.717) is 34.5 Å². The Kier molecular flexibility index (Phi) is 8.11. The number of hydrogen-bond donors (Lipinski definition) is 2. The molecule has 1 fully saturated rings. The van der Waals surface area contributed by atoms with Gasteiger partial charge in [-0.25, -0.2) is 9.59 Å². The van der Waals surface area contributed by atoms with E-state index in [2.05, 4.69) is 28.9 Å². The van der Waals surface area contributed by atoms with Crippen molar-refractivity contribution in [2.75, 3.05) is 27.4 Å². The van der Waals surface area contributed by atoms with Crippen LogP contribution in [0.2, 0.25) is 5.02 Å². The van der Waals surface area contributed by atoms with Gasteiger partial charge in [0.25, 0.3) is 0 Å². The lowest BCUT2D eigenvalue weighted by Gasteiger charge is -2.32. The quantitative estimate of drug-likeness (QED) is 0.204. The van der Waals surface area contributed by atoms with Gasteiger partial charge in [-0.1, -0.05) is 48.0 Å². The van der Waals surface area contributed by atoms with Crippen molar-refractivity contribution >= 4 is 23.5 Å². The number of dihydropyridines is 2. The molecule has 0 aromatic heterocycles. The van der Waals surface area contributed by atoms with E-state index in [-0.39, 0.29) is 29.9 Å². The molecule has 0 amide bonds. The number of fused-ring (bicyclic) bond motifs is 1. The third kappa shape index (κ3) is 5.75. The van der Waals surface area contributed by atoms with Gasteiger partial charge in [-0.15, -0.1) is 0 Å². The summed E-state index contributed by atoms with van der Waals surface area (Å²) in [6.45, 7) is 2.19. The number of methoxy groups -OCH3 is 2. The lowest BCUT2D eigenvalue weighted by molar-refractivity contribution is -0.138. The van der Waals surface area contributed by atoms with Gasteiger partial charge in [-0.3, -0.25) is 0 Å². The second-order valence-electron chi connectivity index (χ2n) is 9.52. The minimum absolute atomic E-state index is 0.0423. The molecule has 3 aliphatic heterocycles. The molecule has 1 aromatic carbocycles. The van der Waals surface area contributed by atoms with Crippen LogP contribution in [0.4, 0.5) is 0 Å². The Bertz CT molecular complexity index is 1310. The number of carbonyl (C=O) groups excluding carboxylic acids is 2. The first kappa shape index (κ1) is 27.1. The number of benzene rings is 1. The molecule has 0 bridgehead atoms. The lowest BCUT2D eigenvalue weighted by Crippen LogP contribution is -2.38. The zero-order valence-corrected chi connectivity index (χ0v) is 22.7. The molecule has 4 atom stereocenters. The predicted molar refractivity (Wildman–Crippen MR) is 143 cm³/mol. The van der Waals surface area contributed by atoms with Crippen LogP contribution in [0.15, 0.2) is 82.6 Å². The molecular formula is C29H31ClN2O7. The second kappa shape index (κ2) is 11.7. The summed E-state index contributed by atoms with van der Waals surface area (Å²) in [4.78, 5) is 26.1. The van der Waals surface area contributed by atoms with Crippen LogP contribution < -0.4 is 10.6 Å². The van der Waals surface area contributed by atoms with Crippen LogP contribution in [-0.2, 0) is 33.3 Å². The van der Waals surface area contributed by atoms with E-state index in [1.165, 1.54) is 19.8 Å². The Morgan fingerprint density at radius 1 is 1.13 bits per heavy atom. The number of rotatable bonds is 9. The van der Waals surface area contributed by atoms with Gasteiger partial charge >= 0.3 is 11.9 Å². The summed E-state index contributed by atoms with van der Waals surface area (Å²) in [5.41, 5.74) is 3.26. The molecule has 4 aliphatic rings. The number of epoxide rings is 1. The van der Waals surface area contributed by atoms with E-state index >= 15 is 0 Å². The number of allylic oxidation sites excluding steroid dienone is 4. The Balaban J connectivity index is 1.44. The number of esters is 2. The first-order chi connectivity index (χ1) is 18.9. The molecule has 1 saturated heterocycles. The van der Waals surface area contributed by atoms with Gasteiger partial charge < -0.3 is 34.3 Å². The molecule has 3 heterocycles. The van der Waals surface area contributed by atoms with Crippen LogP contribution >= 0.6 is 11.6 Å². The summed E-state index contributed by atoms with van der Waals surface area (Å²) >= 11 is 6.55. The maximum atomic E-state index is 13.2. The zero-order chi connectivity index (χ0) is 27.5. The number of hydrogen-bond acceptors (Lipinski definition) is 9. The monoisotopic (exact) mass is 554 g/mol. The summed E-state index contributed by atoms with van der Waals surface area (Å²) in [6.07, 6.45) is 9.29. The number of nitrogens with one attached hydrogen (secondary N) is 2. The molecule has 2 N–H and O–H groups in total. The van der Waals surface area contributed by atoms with E-state index in [4.69, 9.17) is 35.3 Å². The molecule has 0 spiro atoms. The fraction of sp³-hybridized carbons (Fsp3) is 0.379. The minimum atomic E-state index is -0.834. The highest BCUT2D eigenvalue weighted by Gasteiger charge is 2.41. The van der Waals surface area contributed by atoms with Crippen LogP contribution in [0.1, 0.15) is 31.2 Å². The van der Waals surface area contributed by atoms with Crippen LogP contribution in [0.5, 0.6) is 0 Å². The molecule has 206 valence electrons. The predicted octanol–water partition coefficient (Wildman–Crippen LogP) is 3.75. The van der Waals surface area contributed by atoms with Crippen molar-refractivity contribution in [1.29, 1.82) is 0 Å². The minimum Gasteiger partial charge on any atom is -0.466 e. The Hall–Kier alpha value is -3.53. The zero-order valence-electron chi connectivity index (χ0n) is 22.0. The molecule has 9 nitrogen and oxygen atoms in total. The van der Waals surface area contributed by atoms with Crippen molar-refractivity contribution in [3.63, 3.8) is 0 Å². The highest BCUT2D eigenvalue weighted by molar-refractivity contribution is 6.31. The van der Waals surface area contributed by atoms with E-state index in [1.807, 2.05) is 6.08 Å². The van der Waals surface area contributed by atoms with Gasteiger partial charge in [0, 0.05) is 10.7 Å². The standard InChI is InChI=1S/C29H31ClN2O7/c1-16-24(27(33)35-2)25(18-9-5-6-10-19(18)30)26(28(34)36-3)21(31-16)14-38-29(22-15-37-22)39-23-13-12-17-8-4-7-11-20(17)32-23/h5-7,9-13,20,22,25,29,31-32H,4,8,14-15H2,1-3H3. The fourth-order valence-electron chi connectivity index (χ4n) is 5.03. The van der Waals surface area contributed by atoms with Crippen molar-refractivity contribution in [2.24, 2.45) is 0 Å². The SMILES string of the molecule is COC(=O)C1=C(C)NC(COC(OC2=CC=C3CCC=CC3N2)C2CO2)=C(C(=O)OC)C1c1ccccc1Cl. The maximum absolute atomic E-state index is 13.2. The smallest absolute Gasteiger partial charge is 0.336 e. The van der Waals surface area contributed by atoms with E-state index in [0.717, 1.165) is 12.8 Å². The van der Waals surface area contributed by atoms with E-state index < -0.39 is 24.1 Å². The first-order valence-electron chi connectivity index (χ1n) is 12.8. The van der Waals surface area contributed by atoms with Crippen molar-refractivity contribution < 1.29 is 33.3 Å². The van der Waals surface area contributed by atoms with Gasteiger partial charge in [-0.2, -0.15) is 0 Å². The molecule has 10 heteroatoms. The third-order valence-corrected chi connectivity index (χ3v) is 7.39. The molecule has 39 heavy (non-hydrogen) atoms. The van der Waals surface area contributed by atoms with Gasteiger partial charge in [0.2, 0.25) is 6.29 Å². The first-order valence-corrected chi connectivity index (χ1v) is 13.1. The normalized spacial score (nSPS) is 24.5. The van der Waals surface area contributed by atoms with Gasteiger partial charge in [0.15, 0.2) is 5.88 Å². The molecule has 0 saturated carbocycles. The third-order valence-electron chi connectivity index (χ3n) is 7.04. The average molecular weight is 555 g/mol. The van der Waals surface area contributed by atoms with Gasteiger partial charge in [0.1, 0.15) is 6.10 Å². The molecule has 5 rings (SSSR count). The van der Waals surface area contributed by atoms with E-state index in [9.17, 15) is 9.59 Å². The maximum Gasteiger partial charge on any atom is 0.336 e. The number of halogens is 1. The molecule has 1 aromatic rings. The summed E-state index contributed by atoms with van der Waals surface area (Å²) in [5.74, 6) is -1.47. The summed E-state index contributed by atoms with van der Waals surface area (Å²) in [6, 6.07) is 7.13. The topological polar surface area (TPSA) is 108 Å². The van der Waals surface area contributed by atoms with Crippen LogP contribution in [0.3, 0.4) is 0 Å². The average Bonchev–Trinajstić information content (AvgIpc) is 3.80. The van der Waals surface area contributed by atoms with Crippen molar-refractivity contribution in [2.45, 2.75) is 44.1 Å². The van der Waals surface area contributed by atoms with Crippen LogP contribution in [-0.4, -0.2) is 57.8 Å². The molecular weight excluding hydrogens is 524 g/mol. The van der Waals surface area contributed by atoms with Crippen molar-refractivity contribution in [1.82, 2.24) is 10.6 Å². The van der Waals surface area contributed by atoms with Crippen LogP contribution in [0.25, 0.3) is 0 Å². The summed E-state index contributed by atoms with van der Waals surface area (Å²) in [7, 11) is 2.58. The molecule has 0 radical (unpaired) electrons. The summed E-state index contributed by atoms with van der Waals surface area (Å²) in [5, 5.41) is 6.94. The highest BCUT2D eigenvalue weighted by atomic mass is 35.5. The second-order valence-corrected chi connectivity index (χ2v) is 9.93. The summed E-state index contributed by atoms with van der Waals surface area (Å²) < 4.78 is 28.1. The number of carbonyl (C=O) groups is 2. The Morgan fingerprint density at radius 2 is 1.87 bits per heavy atom. The van der Waals surface area contributed by atoms with Crippen molar-refractivity contribution in [3.8, 4) is 0 Å². The molecule has 1 aliphatic carbocycles.